The number of carbonyl (C=O) groups is 2. The van der Waals surface area contributed by atoms with Crippen molar-refractivity contribution in [2.75, 3.05) is 12.0 Å². The molecular formula is C29H27Cl2F3N7O4Si. The van der Waals surface area contributed by atoms with Crippen LogP contribution in [0.2, 0.25) is 16.6 Å². The van der Waals surface area contributed by atoms with Crippen molar-refractivity contribution in [1.29, 1.82) is 0 Å². The summed E-state index contributed by atoms with van der Waals surface area (Å²) in [6.45, 7) is 3.67. The van der Waals surface area contributed by atoms with E-state index in [1.165, 1.54) is 58.8 Å². The molecule has 0 saturated heterocycles. The molecule has 11 nitrogen and oxygen atoms in total. The van der Waals surface area contributed by atoms with Crippen LogP contribution in [0.25, 0.3) is 5.82 Å². The maximum absolute atomic E-state index is 14.2. The van der Waals surface area contributed by atoms with Gasteiger partial charge in [-0.2, -0.15) is 0 Å². The van der Waals surface area contributed by atoms with Crippen molar-refractivity contribution in [1.82, 2.24) is 29.3 Å². The summed E-state index contributed by atoms with van der Waals surface area (Å²) in [4.78, 5) is 54.0. The van der Waals surface area contributed by atoms with E-state index in [-0.39, 0.29) is 53.3 Å². The maximum atomic E-state index is 14.2. The predicted molar refractivity (Wildman–Crippen MR) is 167 cm³/mol. The number of hydrogen-bond acceptors (Lipinski definition) is 7. The van der Waals surface area contributed by atoms with E-state index in [1.54, 1.807) is 18.0 Å². The summed E-state index contributed by atoms with van der Waals surface area (Å²) in [5.41, 5.74) is 0.659. The summed E-state index contributed by atoms with van der Waals surface area (Å²) in [7, 11) is 1.25. The Hall–Kier alpha value is -4.34. The number of nitrogens with zero attached hydrogens (tertiary/aromatic N) is 5. The molecule has 0 fully saturated rings. The van der Waals surface area contributed by atoms with Crippen molar-refractivity contribution in [3.05, 3.63) is 91.7 Å². The molecule has 5 rings (SSSR count). The topological polar surface area (TPSA) is 123 Å². The molecular weight excluding hydrogens is 666 g/mol. The molecule has 2 amide bonds. The number of benzene rings is 2. The van der Waals surface area contributed by atoms with Crippen molar-refractivity contribution < 1.29 is 27.5 Å². The van der Waals surface area contributed by atoms with E-state index in [1.807, 2.05) is 13.5 Å². The van der Waals surface area contributed by atoms with Crippen LogP contribution >= 0.6 is 23.2 Å². The number of carbonyl (C=O) groups excluding carboxylic acids is 2. The predicted octanol–water partition coefficient (Wildman–Crippen LogP) is 4.06. The molecule has 1 aliphatic rings. The molecule has 1 atom stereocenters. The molecule has 2 N–H and O–H groups in total. The second kappa shape index (κ2) is 12.8. The number of aromatic nitrogens is 4. The SMILES string of the molecule is CNC(=O)c1ncc(-n2c(N[Si](C)c3ccc(OC(F)(F)F)cc3)nc3c(c2=O)C[C@@H](C)N(C(=O)c2ccc(Cl)c(Cl)c2)C3)n1C. The van der Waals surface area contributed by atoms with Gasteiger partial charge in [0.1, 0.15) is 11.6 Å². The average Bonchev–Trinajstić information content (AvgIpc) is 3.38. The van der Waals surface area contributed by atoms with E-state index in [0.717, 1.165) is 0 Å². The van der Waals surface area contributed by atoms with Gasteiger partial charge in [0.15, 0.2) is 5.82 Å². The molecule has 0 spiro atoms. The van der Waals surface area contributed by atoms with Crippen LogP contribution in [-0.4, -0.2) is 64.2 Å². The van der Waals surface area contributed by atoms with Crippen molar-refractivity contribution in [3.63, 3.8) is 0 Å². The fraction of sp³-hybridized carbons (Fsp3) is 0.276. The Labute approximate surface area is 272 Å². The zero-order chi connectivity index (χ0) is 33.5. The molecule has 2 aromatic heterocycles. The van der Waals surface area contributed by atoms with E-state index in [2.05, 4.69) is 20.0 Å². The number of alkyl halides is 3. The van der Waals surface area contributed by atoms with Crippen LogP contribution < -0.4 is 25.8 Å². The smallest absolute Gasteiger partial charge is 0.406 e. The van der Waals surface area contributed by atoms with Crippen molar-refractivity contribution in [2.24, 2.45) is 7.05 Å². The van der Waals surface area contributed by atoms with Gasteiger partial charge in [-0.3, -0.25) is 14.4 Å². The number of imidazole rings is 1. The number of fused-ring (bicyclic) bond motifs is 1. The Bertz CT molecular complexity index is 1880. The molecule has 0 bridgehead atoms. The van der Waals surface area contributed by atoms with Crippen LogP contribution in [0, 0.1) is 0 Å². The van der Waals surface area contributed by atoms with Gasteiger partial charge >= 0.3 is 6.36 Å². The third-order valence-corrected chi connectivity index (χ3v) is 10.0. The summed E-state index contributed by atoms with van der Waals surface area (Å²) in [5.74, 6) is -0.727. The van der Waals surface area contributed by atoms with Crippen LogP contribution in [0.1, 0.15) is 39.2 Å². The Kier molecular flexibility index (Phi) is 9.20. The minimum Gasteiger partial charge on any atom is -0.406 e. The van der Waals surface area contributed by atoms with Crippen molar-refractivity contribution >= 4 is 55.1 Å². The quantitative estimate of drug-likeness (QED) is 0.280. The number of amides is 2. The Morgan fingerprint density at radius 3 is 2.43 bits per heavy atom. The van der Waals surface area contributed by atoms with Crippen LogP contribution in [0.3, 0.4) is 0 Å². The fourth-order valence-electron chi connectivity index (χ4n) is 5.10. The number of halogens is 5. The first-order valence-electron chi connectivity index (χ1n) is 13.8. The molecule has 241 valence electrons. The summed E-state index contributed by atoms with van der Waals surface area (Å²) >= 11 is 12.2. The zero-order valence-electron chi connectivity index (χ0n) is 24.9. The number of rotatable bonds is 7. The van der Waals surface area contributed by atoms with Crippen molar-refractivity contribution in [3.8, 4) is 11.6 Å². The second-order valence-electron chi connectivity index (χ2n) is 10.5. The van der Waals surface area contributed by atoms with Gasteiger partial charge in [0.25, 0.3) is 17.4 Å². The van der Waals surface area contributed by atoms with Gasteiger partial charge in [-0.15, -0.1) is 13.2 Å². The first-order valence-corrected chi connectivity index (χ1v) is 16.6. The lowest BCUT2D eigenvalue weighted by Crippen LogP contribution is -2.47. The number of hydrogen-bond donors (Lipinski definition) is 2. The zero-order valence-corrected chi connectivity index (χ0v) is 27.4. The van der Waals surface area contributed by atoms with Gasteiger partial charge in [-0.05, 0) is 55.4 Å². The normalized spacial score (nSPS) is 14.7. The number of anilines is 1. The average molecular weight is 694 g/mol. The minimum absolute atomic E-state index is 0.0183. The standard InChI is InChI=1S/C29H27Cl2F3N7O4Si/c1-15-11-19-22(14-40(15)26(43)16-5-10-20(30)21(31)12-16)37-28(38-46(4)18-8-6-17(7-9-18)45-29(32,33)34)41(27(19)44)23-13-36-24(39(23)3)25(42)35-2/h5-10,12-13,15H,11,14H2,1-4H3,(H,35,42)(H,37,38)/t15-/m1/s1. The highest BCUT2D eigenvalue weighted by molar-refractivity contribution is 6.74. The Balaban J connectivity index is 1.56. The van der Waals surface area contributed by atoms with Gasteiger partial charge in [-0.25, -0.2) is 14.5 Å². The van der Waals surface area contributed by atoms with Gasteiger partial charge in [-0.1, -0.05) is 35.3 Å². The highest BCUT2D eigenvalue weighted by Gasteiger charge is 2.34. The van der Waals surface area contributed by atoms with E-state index >= 15 is 0 Å². The molecule has 0 unspecified atom stereocenters. The van der Waals surface area contributed by atoms with E-state index in [0.29, 0.717) is 27.0 Å². The van der Waals surface area contributed by atoms with Gasteiger partial charge in [0.05, 0.1) is 28.5 Å². The summed E-state index contributed by atoms with van der Waals surface area (Å²) < 4.78 is 44.8. The molecule has 46 heavy (non-hydrogen) atoms. The van der Waals surface area contributed by atoms with E-state index in [9.17, 15) is 27.6 Å². The molecule has 1 aliphatic heterocycles. The molecule has 1 radical (unpaired) electrons. The van der Waals surface area contributed by atoms with Gasteiger partial charge in [0.2, 0.25) is 14.9 Å². The lowest BCUT2D eigenvalue weighted by atomic mass is 9.98. The summed E-state index contributed by atoms with van der Waals surface area (Å²) in [5, 5.41) is 3.71. The van der Waals surface area contributed by atoms with Crippen LogP contribution in [0.4, 0.5) is 19.1 Å². The Morgan fingerprint density at radius 1 is 1.11 bits per heavy atom. The van der Waals surface area contributed by atoms with E-state index < -0.39 is 26.8 Å². The lowest BCUT2D eigenvalue weighted by molar-refractivity contribution is -0.274. The van der Waals surface area contributed by atoms with Gasteiger partial charge in [0, 0.05) is 31.3 Å². The molecule has 3 heterocycles. The summed E-state index contributed by atoms with van der Waals surface area (Å²) in [6.07, 6.45) is -3.26. The lowest BCUT2D eigenvalue weighted by Gasteiger charge is -2.35. The monoisotopic (exact) mass is 692 g/mol. The first kappa shape index (κ1) is 33.0. The number of nitrogens with one attached hydrogen (secondary N) is 2. The van der Waals surface area contributed by atoms with Crippen LogP contribution in [-0.2, 0) is 20.0 Å². The minimum atomic E-state index is -4.83. The third-order valence-electron chi connectivity index (χ3n) is 7.48. The van der Waals surface area contributed by atoms with E-state index in [4.69, 9.17) is 28.2 Å². The van der Waals surface area contributed by atoms with Crippen molar-refractivity contribution in [2.45, 2.75) is 38.8 Å². The molecule has 17 heteroatoms. The largest absolute Gasteiger partial charge is 0.573 e. The summed E-state index contributed by atoms with van der Waals surface area (Å²) in [6, 6.07) is 9.61. The molecule has 4 aromatic rings. The maximum Gasteiger partial charge on any atom is 0.573 e. The fourth-order valence-corrected chi connectivity index (χ4v) is 6.71. The molecule has 0 saturated carbocycles. The Morgan fingerprint density at radius 2 is 1.80 bits per heavy atom. The molecule has 2 aromatic carbocycles. The highest BCUT2D eigenvalue weighted by Crippen LogP contribution is 2.28. The second-order valence-corrected chi connectivity index (χ2v) is 13.4. The number of ether oxygens (including phenoxy) is 1. The van der Waals surface area contributed by atoms with Crippen LogP contribution in [0.15, 0.2) is 53.5 Å². The molecule has 0 aliphatic carbocycles. The highest BCUT2D eigenvalue weighted by atomic mass is 35.5. The first-order chi connectivity index (χ1) is 21.7. The van der Waals surface area contributed by atoms with Crippen LogP contribution in [0.5, 0.6) is 5.75 Å². The third kappa shape index (κ3) is 6.61. The van der Waals surface area contributed by atoms with Gasteiger partial charge < -0.3 is 24.5 Å².